The molecule has 1 aliphatic carbocycles. The van der Waals surface area contributed by atoms with Gasteiger partial charge in [0.1, 0.15) is 0 Å². The van der Waals surface area contributed by atoms with Crippen LogP contribution >= 0.6 is 0 Å². The number of aliphatic hydroxyl groups excluding tert-OH is 1. The maximum atomic E-state index is 9.48. The lowest BCUT2D eigenvalue weighted by Gasteiger charge is -2.38. The summed E-state index contributed by atoms with van der Waals surface area (Å²) < 4.78 is 0. The van der Waals surface area contributed by atoms with E-state index in [-0.39, 0.29) is 6.10 Å². The van der Waals surface area contributed by atoms with Crippen LogP contribution in [0.4, 0.5) is 0 Å². The van der Waals surface area contributed by atoms with Crippen LogP contribution in [0.25, 0.3) is 0 Å². The molecule has 88 valence electrons. The average Bonchev–Trinajstić information content (AvgIpc) is 1.99. The Morgan fingerprint density at radius 3 is 2.47 bits per heavy atom. The highest BCUT2D eigenvalue weighted by molar-refractivity contribution is 5.07. The van der Waals surface area contributed by atoms with E-state index < -0.39 is 0 Å². The SMILES string of the molecule is C/C(=C\C1CC(C)CC(C)(C)C1)C(C)O. The molecule has 3 unspecified atom stereocenters. The minimum atomic E-state index is -0.287. The molecule has 0 aromatic carbocycles. The molecule has 1 saturated carbocycles. The third kappa shape index (κ3) is 3.98. The molecule has 1 nitrogen and oxygen atoms in total. The molecule has 15 heavy (non-hydrogen) atoms. The molecule has 0 aromatic heterocycles. The van der Waals surface area contributed by atoms with E-state index >= 15 is 0 Å². The fraction of sp³-hybridized carbons (Fsp3) is 0.857. The van der Waals surface area contributed by atoms with Crippen LogP contribution in [0.15, 0.2) is 11.6 Å². The van der Waals surface area contributed by atoms with Gasteiger partial charge in [-0.2, -0.15) is 0 Å². The molecule has 0 bridgehead atoms. The van der Waals surface area contributed by atoms with Crippen molar-refractivity contribution in [3.63, 3.8) is 0 Å². The Bertz CT molecular complexity index is 238. The van der Waals surface area contributed by atoms with Gasteiger partial charge in [0.15, 0.2) is 0 Å². The van der Waals surface area contributed by atoms with Gasteiger partial charge >= 0.3 is 0 Å². The van der Waals surface area contributed by atoms with Gasteiger partial charge in [-0.15, -0.1) is 0 Å². The first-order valence-electron chi connectivity index (χ1n) is 6.16. The summed E-state index contributed by atoms with van der Waals surface area (Å²) in [5.74, 6) is 1.48. The zero-order valence-corrected chi connectivity index (χ0v) is 10.9. The summed E-state index contributed by atoms with van der Waals surface area (Å²) in [4.78, 5) is 0. The smallest absolute Gasteiger partial charge is 0.0719 e. The Morgan fingerprint density at radius 2 is 2.00 bits per heavy atom. The summed E-state index contributed by atoms with van der Waals surface area (Å²) in [5, 5.41) is 9.48. The minimum Gasteiger partial charge on any atom is -0.389 e. The lowest BCUT2D eigenvalue weighted by atomic mass is 9.68. The Kier molecular flexibility index (Phi) is 3.99. The lowest BCUT2D eigenvalue weighted by Crippen LogP contribution is -2.27. The van der Waals surface area contributed by atoms with Gasteiger partial charge in [0.05, 0.1) is 6.10 Å². The molecule has 1 heteroatoms. The molecule has 0 aliphatic heterocycles. The minimum absolute atomic E-state index is 0.287. The zero-order valence-electron chi connectivity index (χ0n) is 10.9. The maximum absolute atomic E-state index is 9.48. The molecule has 1 aliphatic rings. The number of aliphatic hydroxyl groups is 1. The number of hydrogen-bond donors (Lipinski definition) is 1. The molecule has 1 rings (SSSR count). The maximum Gasteiger partial charge on any atom is 0.0719 e. The molecule has 0 saturated heterocycles. The molecule has 1 fully saturated rings. The van der Waals surface area contributed by atoms with Crippen LogP contribution in [0.5, 0.6) is 0 Å². The van der Waals surface area contributed by atoms with Crippen molar-refractivity contribution in [1.29, 1.82) is 0 Å². The Balaban J connectivity index is 2.67. The fourth-order valence-electron chi connectivity index (χ4n) is 3.06. The highest BCUT2D eigenvalue weighted by Crippen LogP contribution is 2.42. The highest BCUT2D eigenvalue weighted by atomic mass is 16.3. The van der Waals surface area contributed by atoms with E-state index in [1.54, 1.807) is 0 Å². The van der Waals surface area contributed by atoms with E-state index in [4.69, 9.17) is 0 Å². The van der Waals surface area contributed by atoms with Crippen molar-refractivity contribution in [3.8, 4) is 0 Å². The average molecular weight is 210 g/mol. The highest BCUT2D eigenvalue weighted by Gasteiger charge is 2.30. The Labute approximate surface area is 94.6 Å². The summed E-state index contributed by atoms with van der Waals surface area (Å²) in [6, 6.07) is 0. The van der Waals surface area contributed by atoms with Crippen molar-refractivity contribution in [2.24, 2.45) is 17.3 Å². The van der Waals surface area contributed by atoms with Crippen molar-refractivity contribution < 1.29 is 5.11 Å². The first kappa shape index (κ1) is 12.8. The Hall–Kier alpha value is -0.300. The molecular weight excluding hydrogens is 184 g/mol. The van der Waals surface area contributed by atoms with Crippen LogP contribution in [-0.2, 0) is 0 Å². The van der Waals surface area contributed by atoms with E-state index in [0.29, 0.717) is 11.3 Å². The summed E-state index contributed by atoms with van der Waals surface area (Å²) in [7, 11) is 0. The lowest BCUT2D eigenvalue weighted by molar-refractivity contribution is 0.154. The van der Waals surface area contributed by atoms with Gasteiger partial charge in [0, 0.05) is 0 Å². The zero-order chi connectivity index (χ0) is 11.6. The normalized spacial score (nSPS) is 33.9. The van der Waals surface area contributed by atoms with E-state index in [0.717, 1.165) is 11.5 Å². The summed E-state index contributed by atoms with van der Waals surface area (Å²) >= 11 is 0. The van der Waals surface area contributed by atoms with Gasteiger partial charge in [-0.05, 0) is 55.9 Å². The topological polar surface area (TPSA) is 20.2 Å². The number of hydrogen-bond acceptors (Lipinski definition) is 1. The third-order valence-corrected chi connectivity index (χ3v) is 3.58. The summed E-state index contributed by atoms with van der Waals surface area (Å²) in [5.41, 5.74) is 1.60. The Morgan fingerprint density at radius 1 is 1.40 bits per heavy atom. The van der Waals surface area contributed by atoms with Gasteiger partial charge in [-0.1, -0.05) is 26.8 Å². The van der Waals surface area contributed by atoms with Crippen molar-refractivity contribution >= 4 is 0 Å². The van der Waals surface area contributed by atoms with E-state index in [2.05, 4.69) is 26.8 Å². The van der Waals surface area contributed by atoms with Gasteiger partial charge in [-0.3, -0.25) is 0 Å². The van der Waals surface area contributed by atoms with Crippen LogP contribution in [0, 0.1) is 17.3 Å². The van der Waals surface area contributed by atoms with Gasteiger partial charge in [-0.25, -0.2) is 0 Å². The molecule has 0 amide bonds. The molecule has 0 radical (unpaired) electrons. The van der Waals surface area contributed by atoms with Gasteiger partial charge in [0.25, 0.3) is 0 Å². The van der Waals surface area contributed by atoms with Crippen LogP contribution in [-0.4, -0.2) is 11.2 Å². The number of allylic oxidation sites excluding steroid dienone is 1. The third-order valence-electron chi connectivity index (χ3n) is 3.58. The summed E-state index contributed by atoms with van der Waals surface area (Å²) in [6.45, 7) is 11.0. The predicted molar refractivity (Wildman–Crippen MR) is 65.7 cm³/mol. The number of rotatable bonds is 2. The molecule has 0 heterocycles. The van der Waals surface area contributed by atoms with E-state index in [9.17, 15) is 5.11 Å². The summed E-state index contributed by atoms with van der Waals surface area (Å²) in [6.07, 6.45) is 5.90. The molecule has 0 aromatic rings. The second kappa shape index (κ2) is 4.69. The quantitative estimate of drug-likeness (QED) is 0.688. The van der Waals surface area contributed by atoms with E-state index in [1.807, 2.05) is 13.8 Å². The molecular formula is C14H26O. The van der Waals surface area contributed by atoms with Crippen molar-refractivity contribution in [3.05, 3.63) is 11.6 Å². The second-order valence-electron chi connectivity index (χ2n) is 6.26. The first-order valence-corrected chi connectivity index (χ1v) is 6.16. The van der Waals surface area contributed by atoms with E-state index in [1.165, 1.54) is 19.3 Å². The molecule has 0 spiro atoms. The van der Waals surface area contributed by atoms with Crippen LogP contribution in [0.1, 0.15) is 53.9 Å². The van der Waals surface area contributed by atoms with Gasteiger partial charge < -0.3 is 5.11 Å². The molecule has 3 atom stereocenters. The van der Waals surface area contributed by atoms with Gasteiger partial charge in [0.2, 0.25) is 0 Å². The van der Waals surface area contributed by atoms with Crippen LogP contribution < -0.4 is 0 Å². The second-order valence-corrected chi connectivity index (χ2v) is 6.26. The van der Waals surface area contributed by atoms with Crippen molar-refractivity contribution in [2.75, 3.05) is 0 Å². The first-order chi connectivity index (χ1) is 6.80. The fourth-order valence-corrected chi connectivity index (χ4v) is 3.06. The monoisotopic (exact) mass is 210 g/mol. The van der Waals surface area contributed by atoms with Crippen LogP contribution in [0.3, 0.4) is 0 Å². The van der Waals surface area contributed by atoms with Crippen LogP contribution in [0.2, 0.25) is 0 Å². The standard InChI is InChI=1S/C14H26O/c1-10-6-13(7-11(2)12(3)15)9-14(4,5)8-10/h7,10,12-13,15H,6,8-9H2,1-5H3/b11-7+. The molecule has 1 N–H and O–H groups in total. The van der Waals surface area contributed by atoms with Crippen molar-refractivity contribution in [1.82, 2.24) is 0 Å². The van der Waals surface area contributed by atoms with Crippen molar-refractivity contribution in [2.45, 2.75) is 60.0 Å². The predicted octanol–water partition coefficient (Wildman–Crippen LogP) is 3.78. The largest absolute Gasteiger partial charge is 0.389 e.